The molecule has 1 aliphatic rings. The fraction of sp³-hybridized carbons (Fsp3) is 0.583. The maximum atomic E-state index is 12.2. The lowest BCUT2D eigenvalue weighted by Gasteiger charge is -2.30. The maximum Gasteiger partial charge on any atom is 0.274 e. The summed E-state index contributed by atoms with van der Waals surface area (Å²) in [6, 6.07) is 3.59. The van der Waals surface area contributed by atoms with Gasteiger partial charge in [0.2, 0.25) is 0 Å². The smallest absolute Gasteiger partial charge is 0.274 e. The quantitative estimate of drug-likeness (QED) is 0.877. The van der Waals surface area contributed by atoms with Crippen molar-refractivity contribution in [1.82, 2.24) is 15.1 Å². The van der Waals surface area contributed by atoms with Gasteiger partial charge in [0.05, 0.1) is 0 Å². The van der Waals surface area contributed by atoms with E-state index in [4.69, 9.17) is 5.73 Å². The number of amides is 1. The highest BCUT2D eigenvalue weighted by molar-refractivity contribution is 5.92. The number of aromatic nitrogens is 2. The number of likely N-dealkylation sites (tertiary alicyclic amines) is 1. The zero-order valence-electron chi connectivity index (χ0n) is 11.7. The molecule has 2 heterocycles. The van der Waals surface area contributed by atoms with E-state index in [1.165, 1.54) is 0 Å². The van der Waals surface area contributed by atoms with Gasteiger partial charge in [-0.1, -0.05) is 0 Å². The number of nitrogens with two attached hydrogens (primary N) is 1. The minimum atomic E-state index is -0.0806. The normalized spacial score (nSPS) is 17.8. The molecule has 1 fully saturated rings. The van der Waals surface area contributed by atoms with Crippen molar-refractivity contribution < 1.29 is 4.79 Å². The van der Waals surface area contributed by atoms with Crippen molar-refractivity contribution in [3.8, 4) is 0 Å². The van der Waals surface area contributed by atoms with E-state index < -0.39 is 0 Å². The zero-order chi connectivity index (χ0) is 13.1. The Kier molecular flexibility index (Phi) is 7.78. The standard InChI is InChI=1S/C12H19N5O.2ClH/c1-16(2)11-6-5-10(14-15-11)12(18)17-7-3-4-9(13)8-17;;/h5-6,9H,3-4,7-8,13H2,1-2H3;2*1H. The number of piperidine rings is 1. The Labute approximate surface area is 131 Å². The summed E-state index contributed by atoms with van der Waals surface area (Å²) in [7, 11) is 3.77. The number of anilines is 1. The van der Waals surface area contributed by atoms with Crippen molar-refractivity contribution in [3.63, 3.8) is 0 Å². The molecule has 1 saturated heterocycles. The average Bonchev–Trinajstić information content (AvgIpc) is 2.38. The molecule has 1 unspecified atom stereocenters. The molecule has 1 amide bonds. The van der Waals surface area contributed by atoms with Crippen LogP contribution in [0.15, 0.2) is 12.1 Å². The average molecular weight is 322 g/mol. The van der Waals surface area contributed by atoms with E-state index in [9.17, 15) is 4.79 Å². The summed E-state index contributed by atoms with van der Waals surface area (Å²) in [5, 5.41) is 7.99. The van der Waals surface area contributed by atoms with Gasteiger partial charge in [-0.05, 0) is 25.0 Å². The SMILES string of the molecule is CN(C)c1ccc(C(=O)N2CCCC(N)C2)nn1.Cl.Cl. The number of hydrogen-bond acceptors (Lipinski definition) is 5. The molecule has 1 atom stereocenters. The first kappa shape index (κ1) is 18.9. The second-order valence-corrected chi connectivity index (χ2v) is 4.82. The Hall–Kier alpha value is -1.11. The zero-order valence-corrected chi connectivity index (χ0v) is 13.3. The second-order valence-electron chi connectivity index (χ2n) is 4.82. The Morgan fingerprint density at radius 3 is 2.55 bits per heavy atom. The molecule has 20 heavy (non-hydrogen) atoms. The predicted molar refractivity (Wildman–Crippen MR) is 84.0 cm³/mol. The van der Waals surface area contributed by atoms with E-state index in [2.05, 4.69) is 10.2 Å². The number of rotatable bonds is 2. The van der Waals surface area contributed by atoms with Gasteiger partial charge >= 0.3 is 0 Å². The van der Waals surface area contributed by atoms with E-state index in [0.717, 1.165) is 25.2 Å². The van der Waals surface area contributed by atoms with E-state index in [1.54, 1.807) is 17.0 Å². The van der Waals surface area contributed by atoms with Crippen LogP contribution in [0.5, 0.6) is 0 Å². The first-order valence-electron chi connectivity index (χ1n) is 6.14. The van der Waals surface area contributed by atoms with Crippen molar-refractivity contribution >= 4 is 36.5 Å². The first-order valence-corrected chi connectivity index (χ1v) is 6.14. The van der Waals surface area contributed by atoms with Crippen LogP contribution in [0.3, 0.4) is 0 Å². The highest BCUT2D eigenvalue weighted by atomic mass is 35.5. The predicted octanol–water partition coefficient (Wildman–Crippen LogP) is 0.949. The number of carbonyl (C=O) groups excluding carboxylic acids is 1. The Morgan fingerprint density at radius 1 is 1.35 bits per heavy atom. The van der Waals surface area contributed by atoms with Crippen LogP contribution in [0.1, 0.15) is 23.3 Å². The molecule has 0 radical (unpaired) electrons. The monoisotopic (exact) mass is 321 g/mol. The van der Waals surface area contributed by atoms with Crippen molar-refractivity contribution in [2.45, 2.75) is 18.9 Å². The van der Waals surface area contributed by atoms with Crippen LogP contribution in [0, 0.1) is 0 Å². The van der Waals surface area contributed by atoms with Crippen molar-refractivity contribution in [2.24, 2.45) is 5.73 Å². The van der Waals surface area contributed by atoms with Crippen LogP contribution in [-0.2, 0) is 0 Å². The fourth-order valence-corrected chi connectivity index (χ4v) is 2.03. The van der Waals surface area contributed by atoms with Crippen molar-refractivity contribution in [1.29, 1.82) is 0 Å². The van der Waals surface area contributed by atoms with Crippen LogP contribution in [0.25, 0.3) is 0 Å². The molecule has 1 aliphatic heterocycles. The maximum absolute atomic E-state index is 12.2. The van der Waals surface area contributed by atoms with Gasteiger partial charge in [-0.2, -0.15) is 0 Å². The molecule has 0 saturated carbocycles. The van der Waals surface area contributed by atoms with Crippen LogP contribution < -0.4 is 10.6 Å². The molecule has 2 rings (SSSR count). The molecule has 8 heteroatoms. The summed E-state index contributed by atoms with van der Waals surface area (Å²) in [6.45, 7) is 1.36. The third-order valence-electron chi connectivity index (χ3n) is 3.07. The van der Waals surface area contributed by atoms with E-state index in [1.807, 2.05) is 19.0 Å². The highest BCUT2D eigenvalue weighted by Gasteiger charge is 2.23. The topological polar surface area (TPSA) is 75.4 Å². The molecule has 1 aromatic rings. The second kappa shape index (κ2) is 8.24. The van der Waals surface area contributed by atoms with E-state index in [-0.39, 0.29) is 36.8 Å². The Bertz CT molecular complexity index is 426. The lowest BCUT2D eigenvalue weighted by atomic mass is 10.1. The van der Waals surface area contributed by atoms with Gasteiger partial charge in [-0.3, -0.25) is 4.79 Å². The Balaban J connectivity index is 0.00000180. The number of hydrogen-bond donors (Lipinski definition) is 1. The number of nitrogens with zero attached hydrogens (tertiary/aromatic N) is 4. The first-order chi connectivity index (χ1) is 8.58. The molecule has 0 spiro atoms. The molecule has 2 N–H and O–H groups in total. The number of halogens is 2. The summed E-state index contributed by atoms with van der Waals surface area (Å²) in [6.07, 6.45) is 1.94. The van der Waals surface area contributed by atoms with Gasteiger partial charge in [0, 0.05) is 33.2 Å². The lowest BCUT2D eigenvalue weighted by molar-refractivity contribution is 0.0701. The molecule has 114 valence electrons. The summed E-state index contributed by atoms with van der Waals surface area (Å²) in [5.41, 5.74) is 6.25. The number of carbonyl (C=O) groups is 1. The molecule has 0 aliphatic carbocycles. The van der Waals surface area contributed by atoms with E-state index in [0.29, 0.717) is 12.2 Å². The summed E-state index contributed by atoms with van der Waals surface area (Å²) in [5.74, 6) is 0.657. The van der Waals surface area contributed by atoms with Crippen molar-refractivity contribution in [2.75, 3.05) is 32.1 Å². The molecule has 0 bridgehead atoms. The molecule has 0 aromatic carbocycles. The fourth-order valence-electron chi connectivity index (χ4n) is 2.03. The van der Waals surface area contributed by atoms with Crippen LogP contribution in [-0.4, -0.2) is 54.2 Å². The van der Waals surface area contributed by atoms with Crippen LogP contribution in [0.4, 0.5) is 5.82 Å². The van der Waals surface area contributed by atoms with Gasteiger partial charge in [-0.25, -0.2) is 0 Å². The van der Waals surface area contributed by atoms with E-state index >= 15 is 0 Å². The Morgan fingerprint density at radius 2 is 2.05 bits per heavy atom. The summed E-state index contributed by atoms with van der Waals surface area (Å²) in [4.78, 5) is 15.8. The van der Waals surface area contributed by atoms with Crippen LogP contribution >= 0.6 is 24.8 Å². The third-order valence-corrected chi connectivity index (χ3v) is 3.07. The molecule has 1 aromatic heterocycles. The van der Waals surface area contributed by atoms with Gasteiger partial charge in [0.25, 0.3) is 5.91 Å². The van der Waals surface area contributed by atoms with Crippen LogP contribution in [0.2, 0.25) is 0 Å². The molecular weight excluding hydrogens is 301 g/mol. The summed E-state index contributed by atoms with van der Waals surface area (Å²) >= 11 is 0. The molecule has 6 nitrogen and oxygen atoms in total. The third kappa shape index (κ3) is 4.47. The lowest BCUT2D eigenvalue weighted by Crippen LogP contribution is -2.46. The van der Waals surface area contributed by atoms with Gasteiger partial charge < -0.3 is 15.5 Å². The minimum Gasteiger partial charge on any atom is -0.361 e. The van der Waals surface area contributed by atoms with Gasteiger partial charge in [0.15, 0.2) is 11.5 Å². The minimum absolute atomic E-state index is 0. The molecular formula is C12H21Cl2N5O. The van der Waals surface area contributed by atoms with Crippen molar-refractivity contribution in [3.05, 3.63) is 17.8 Å². The largest absolute Gasteiger partial charge is 0.361 e. The summed E-state index contributed by atoms with van der Waals surface area (Å²) < 4.78 is 0. The van der Waals surface area contributed by atoms with Gasteiger partial charge in [-0.15, -0.1) is 35.0 Å². The van der Waals surface area contributed by atoms with Gasteiger partial charge in [0.1, 0.15) is 0 Å². The highest BCUT2D eigenvalue weighted by Crippen LogP contribution is 2.12.